The Morgan fingerprint density at radius 2 is 1.49 bits per heavy atom. The second-order valence-electron chi connectivity index (χ2n) is 15.1. The molecule has 57 heavy (non-hydrogen) atoms. The van der Waals surface area contributed by atoms with E-state index in [-0.39, 0.29) is 0 Å². The highest BCUT2D eigenvalue weighted by molar-refractivity contribution is 6.06. The summed E-state index contributed by atoms with van der Waals surface area (Å²) in [5, 5.41) is 7.83. The molecule has 0 saturated carbocycles. The summed E-state index contributed by atoms with van der Waals surface area (Å²) < 4.78 is 12.7. The van der Waals surface area contributed by atoms with Gasteiger partial charge in [-0.05, 0) is 70.2 Å². The van der Waals surface area contributed by atoms with Crippen LogP contribution < -0.4 is 10.6 Å². The number of fused-ring (bicyclic) bond motifs is 8. The van der Waals surface area contributed by atoms with E-state index in [0.29, 0.717) is 35.2 Å². The van der Waals surface area contributed by atoms with Crippen LogP contribution in [0.4, 0.5) is 0 Å². The Labute approximate surface area is 329 Å². The molecule has 5 heteroatoms. The number of aromatic nitrogens is 3. The second kappa shape index (κ2) is 13.6. The third-order valence-corrected chi connectivity index (χ3v) is 11.6. The molecule has 0 N–H and O–H groups in total. The predicted molar refractivity (Wildman–Crippen MR) is 232 cm³/mol. The lowest BCUT2D eigenvalue weighted by atomic mass is 9.84. The third kappa shape index (κ3) is 5.82. The van der Waals surface area contributed by atoms with Crippen LogP contribution >= 0.6 is 0 Å². The van der Waals surface area contributed by atoms with Gasteiger partial charge < -0.3 is 8.83 Å². The molecule has 3 heterocycles. The van der Waals surface area contributed by atoms with Gasteiger partial charge in [-0.2, -0.15) is 0 Å². The molecule has 272 valence electrons. The molecule has 0 bridgehead atoms. The van der Waals surface area contributed by atoms with Gasteiger partial charge in [0.15, 0.2) is 17.5 Å². The topological polar surface area (TPSA) is 65.0 Å². The molecule has 0 saturated heterocycles. The Morgan fingerprint density at radius 3 is 2.42 bits per heavy atom. The average Bonchev–Trinajstić information content (AvgIpc) is 3.81. The molecule has 5 nitrogen and oxygen atoms in total. The summed E-state index contributed by atoms with van der Waals surface area (Å²) >= 11 is 0. The van der Waals surface area contributed by atoms with E-state index in [2.05, 4.69) is 152 Å². The zero-order valence-corrected chi connectivity index (χ0v) is 31.3. The van der Waals surface area contributed by atoms with Crippen molar-refractivity contribution >= 4 is 67.3 Å². The molecule has 0 amide bonds. The number of furan rings is 2. The summed E-state index contributed by atoms with van der Waals surface area (Å²) in [7, 11) is 0. The fourth-order valence-corrected chi connectivity index (χ4v) is 8.80. The van der Waals surface area contributed by atoms with Crippen molar-refractivity contribution in [2.75, 3.05) is 0 Å². The van der Waals surface area contributed by atoms with Crippen LogP contribution in [0, 0.1) is 5.92 Å². The van der Waals surface area contributed by atoms with Crippen molar-refractivity contribution in [2.45, 2.75) is 25.7 Å². The molecule has 1 atom stereocenters. The highest BCUT2D eigenvalue weighted by Crippen LogP contribution is 2.43. The Morgan fingerprint density at radius 1 is 0.702 bits per heavy atom. The van der Waals surface area contributed by atoms with Gasteiger partial charge in [-0.1, -0.05) is 152 Å². The van der Waals surface area contributed by atoms with Crippen molar-refractivity contribution < 1.29 is 8.83 Å². The first-order valence-electron chi connectivity index (χ1n) is 19.6. The fourth-order valence-electron chi connectivity index (χ4n) is 8.80. The second-order valence-corrected chi connectivity index (χ2v) is 15.1. The van der Waals surface area contributed by atoms with Crippen LogP contribution in [0.1, 0.15) is 42.2 Å². The summed E-state index contributed by atoms with van der Waals surface area (Å²) in [4.78, 5) is 15.9. The zero-order valence-electron chi connectivity index (χ0n) is 31.3. The van der Waals surface area contributed by atoms with Crippen LogP contribution in [-0.4, -0.2) is 15.0 Å². The Hall–Kier alpha value is -7.11. The molecule has 5 aromatic carbocycles. The number of rotatable bonds is 6. The maximum absolute atomic E-state index is 6.54. The number of para-hydroxylation sites is 1. The van der Waals surface area contributed by atoms with Crippen LogP contribution in [-0.2, 0) is 6.42 Å². The summed E-state index contributed by atoms with van der Waals surface area (Å²) in [6, 6.07) is 35.8. The van der Waals surface area contributed by atoms with Gasteiger partial charge in [-0.3, -0.25) is 0 Å². The van der Waals surface area contributed by atoms with E-state index < -0.39 is 0 Å². The van der Waals surface area contributed by atoms with E-state index in [1.807, 2.05) is 12.1 Å². The van der Waals surface area contributed by atoms with Gasteiger partial charge in [0.1, 0.15) is 22.3 Å². The minimum absolute atomic E-state index is 0.291. The highest BCUT2D eigenvalue weighted by atomic mass is 16.3. The Balaban J connectivity index is 1.09. The first-order chi connectivity index (χ1) is 28.1. The van der Waals surface area contributed by atoms with Gasteiger partial charge in [0.2, 0.25) is 0 Å². The molecule has 0 aliphatic heterocycles. The standard InChI is InChI=1S/C52H37N3O2/c1-32-41(48-42-19-9-6-14-35(42)26-28-45(48)56-32)18-8-7-15-36-27-29-46-49(43-20-10-11-21-44(43)57-46)47(36)52-54-50(39-24-22-33-12-2-4-16-37(33)30-39)53-51(55-52)40-25-23-34-13-3-5-17-38(34)31-40/h2-14,16-26,28,30,38H,1,15,27,29,31H2/b8-7-,41-18+. The summed E-state index contributed by atoms with van der Waals surface area (Å²) in [5.74, 6) is 3.30. The zero-order chi connectivity index (χ0) is 37.9. The van der Waals surface area contributed by atoms with Crippen LogP contribution in [0.2, 0.25) is 0 Å². The van der Waals surface area contributed by atoms with Gasteiger partial charge in [-0.25, -0.2) is 15.0 Å². The van der Waals surface area contributed by atoms with Crippen LogP contribution in [0.5, 0.6) is 0 Å². The molecular weight excluding hydrogens is 699 g/mol. The maximum atomic E-state index is 6.54. The largest absolute Gasteiger partial charge is 0.460 e. The molecular formula is C52H37N3O2. The Bertz CT molecular complexity index is 3270. The average molecular weight is 736 g/mol. The molecule has 3 aliphatic carbocycles. The minimum atomic E-state index is 0.291. The number of nitrogens with zero attached hydrogens (tertiary/aromatic N) is 3. The maximum Gasteiger partial charge on any atom is 0.164 e. The van der Waals surface area contributed by atoms with E-state index >= 15 is 0 Å². The van der Waals surface area contributed by atoms with Gasteiger partial charge in [0.25, 0.3) is 0 Å². The van der Waals surface area contributed by atoms with Gasteiger partial charge >= 0.3 is 0 Å². The first-order valence-corrected chi connectivity index (χ1v) is 19.6. The predicted octanol–water partition coefficient (Wildman–Crippen LogP) is 11.4. The number of hydrogen-bond acceptors (Lipinski definition) is 5. The van der Waals surface area contributed by atoms with Gasteiger partial charge in [0.05, 0.1) is 0 Å². The van der Waals surface area contributed by atoms with E-state index in [4.69, 9.17) is 23.8 Å². The van der Waals surface area contributed by atoms with Crippen molar-refractivity contribution in [3.05, 3.63) is 196 Å². The Kier molecular flexibility index (Phi) is 7.92. The van der Waals surface area contributed by atoms with Crippen molar-refractivity contribution in [3.8, 4) is 11.4 Å². The summed E-state index contributed by atoms with van der Waals surface area (Å²) in [6.45, 7) is 4.26. The van der Waals surface area contributed by atoms with Crippen LogP contribution in [0.15, 0.2) is 172 Å². The molecule has 0 radical (unpaired) electrons. The number of allylic oxidation sites excluding steroid dienone is 11. The van der Waals surface area contributed by atoms with Crippen molar-refractivity contribution in [3.63, 3.8) is 0 Å². The SMILES string of the molecule is C=c1oc2ccc3ccccc3c2/c1=C/C=C\CC1=C(c2nc(C3=CC=C4C=CC=CC4C3)nc(-c3ccc4ccccc4c3)n2)c2c(oc3ccccc23)CC1. The van der Waals surface area contributed by atoms with Crippen molar-refractivity contribution in [1.82, 2.24) is 15.0 Å². The lowest BCUT2D eigenvalue weighted by Crippen LogP contribution is -2.17. The highest BCUT2D eigenvalue weighted by Gasteiger charge is 2.29. The summed E-state index contributed by atoms with van der Waals surface area (Å²) in [5.41, 5.74) is 9.13. The first kappa shape index (κ1) is 33.2. The molecule has 0 spiro atoms. The normalized spacial score (nSPS) is 16.9. The summed E-state index contributed by atoms with van der Waals surface area (Å²) in [6.07, 6.45) is 22.8. The van der Waals surface area contributed by atoms with E-state index in [9.17, 15) is 0 Å². The quantitative estimate of drug-likeness (QED) is 0.170. The monoisotopic (exact) mass is 735 g/mol. The molecule has 3 aromatic heterocycles. The number of hydrogen-bond donors (Lipinski definition) is 0. The van der Waals surface area contributed by atoms with E-state index in [1.165, 1.54) is 21.9 Å². The smallest absolute Gasteiger partial charge is 0.164 e. The molecule has 8 aromatic rings. The fraction of sp³-hybridized carbons (Fsp3) is 0.0962. The molecule has 3 aliphatic rings. The van der Waals surface area contributed by atoms with Gasteiger partial charge in [-0.15, -0.1) is 0 Å². The van der Waals surface area contributed by atoms with E-state index in [1.54, 1.807) is 0 Å². The number of benzene rings is 5. The lowest BCUT2D eigenvalue weighted by Gasteiger charge is -2.23. The minimum Gasteiger partial charge on any atom is -0.460 e. The van der Waals surface area contributed by atoms with Crippen molar-refractivity contribution in [2.24, 2.45) is 5.92 Å². The van der Waals surface area contributed by atoms with E-state index in [0.717, 1.165) is 85.2 Å². The molecule has 1 unspecified atom stereocenters. The van der Waals surface area contributed by atoms with Crippen LogP contribution in [0.25, 0.3) is 78.7 Å². The van der Waals surface area contributed by atoms with Gasteiger partial charge in [0, 0.05) is 45.0 Å². The van der Waals surface area contributed by atoms with Crippen LogP contribution in [0.3, 0.4) is 0 Å². The molecule has 0 fully saturated rings. The lowest BCUT2D eigenvalue weighted by molar-refractivity contribution is 0.541. The van der Waals surface area contributed by atoms with Crippen molar-refractivity contribution in [1.29, 1.82) is 0 Å². The third-order valence-electron chi connectivity index (χ3n) is 11.6. The number of aryl methyl sites for hydroxylation is 1. The molecule has 11 rings (SSSR count).